The zero-order valence-corrected chi connectivity index (χ0v) is 17.7. The molecule has 5 heteroatoms. The van der Waals surface area contributed by atoms with E-state index in [0.29, 0.717) is 19.8 Å². The molecule has 0 fully saturated rings. The first kappa shape index (κ1) is 33.2. The van der Waals surface area contributed by atoms with Crippen LogP contribution in [0.3, 0.4) is 0 Å². The second-order valence-corrected chi connectivity index (χ2v) is 4.29. The fourth-order valence-corrected chi connectivity index (χ4v) is 1.09. The summed E-state index contributed by atoms with van der Waals surface area (Å²) in [6, 6.07) is 0. The second kappa shape index (κ2) is 42.8. The summed E-state index contributed by atoms with van der Waals surface area (Å²) in [7, 11) is 0. The molecule has 0 bridgehead atoms. The van der Waals surface area contributed by atoms with Crippen LogP contribution in [0.1, 0.15) is 78.6 Å². The van der Waals surface area contributed by atoms with Gasteiger partial charge in [0.25, 0.3) is 0 Å². The monoisotopic (exact) mass is 441 g/mol. The van der Waals surface area contributed by atoms with Crippen LogP contribution in [-0.4, -0.2) is 35.1 Å². The average Bonchev–Trinajstić information content (AvgIpc) is 2.42. The molecule has 0 rings (SSSR count). The number of hydrogen-bond donors (Lipinski definition) is 3. The van der Waals surface area contributed by atoms with E-state index in [4.69, 9.17) is 15.3 Å². The number of rotatable bonds is 9. The maximum Gasteiger partial charge on any atom is 0.0431 e. The van der Waals surface area contributed by atoms with Gasteiger partial charge in [-0.25, -0.2) is 0 Å². The number of halogens is 1. The molecule has 0 amide bonds. The van der Waals surface area contributed by atoms with Crippen molar-refractivity contribution in [2.45, 2.75) is 78.6 Å². The van der Waals surface area contributed by atoms with Gasteiger partial charge in [-0.05, 0) is 19.3 Å². The minimum atomic E-state index is 0. The van der Waals surface area contributed by atoms with Crippen LogP contribution < -0.4 is 12.4 Å². The molecule has 0 unspecified atom stereocenters. The Kier molecular flexibility index (Phi) is 71.0. The molecule has 0 saturated heterocycles. The fourth-order valence-electron chi connectivity index (χ4n) is 1.09. The van der Waals surface area contributed by atoms with Crippen LogP contribution in [0.4, 0.5) is 0 Å². The largest absolute Gasteiger partial charge is 1.00 e. The van der Waals surface area contributed by atoms with E-state index in [9.17, 15) is 0 Å². The molecule has 0 aromatic rings. The molecule has 0 aliphatic rings. The van der Waals surface area contributed by atoms with Gasteiger partial charge in [0.15, 0.2) is 0 Å². The molecule has 3 N–H and O–H groups in total. The minimum Gasteiger partial charge on any atom is -1.00 e. The van der Waals surface area contributed by atoms with E-state index in [1.165, 1.54) is 19.3 Å². The third-order valence-corrected chi connectivity index (χ3v) is 2.29. The average molecular weight is 444 g/mol. The summed E-state index contributed by atoms with van der Waals surface area (Å²) < 4.78 is 0. The number of aliphatic hydroxyl groups is 3. The molecule has 0 heterocycles. The van der Waals surface area contributed by atoms with Crippen molar-refractivity contribution in [1.82, 2.24) is 0 Å². The molecule has 0 atom stereocenters. The van der Waals surface area contributed by atoms with Crippen molar-refractivity contribution >= 4 is 0 Å². The van der Waals surface area contributed by atoms with Gasteiger partial charge in [0, 0.05) is 60.7 Å². The van der Waals surface area contributed by atoms with Gasteiger partial charge in [-0.2, -0.15) is 0 Å². The van der Waals surface area contributed by atoms with Crippen LogP contribution >= 0.6 is 0 Å². The fraction of sp³-hybridized carbons (Fsp3) is 1.00. The van der Waals surface area contributed by atoms with Crippen LogP contribution in [0, 0.1) is 40.8 Å². The summed E-state index contributed by atoms with van der Waals surface area (Å²) in [4.78, 5) is 0. The van der Waals surface area contributed by atoms with Crippen molar-refractivity contribution in [2.24, 2.45) is 0 Å². The zero-order valence-electron chi connectivity index (χ0n) is 13.7. The van der Waals surface area contributed by atoms with Gasteiger partial charge < -0.3 is 27.7 Å². The Hall–Kier alpha value is 1.52. The van der Waals surface area contributed by atoms with Crippen LogP contribution in [0.2, 0.25) is 0 Å². The predicted molar refractivity (Wildman–Crippen MR) is 79.8 cm³/mol. The maximum atomic E-state index is 8.20. The Balaban J connectivity index is -0.0000000536. The SMILES string of the molecule is CCCCCO.CCCCCO.CCCCCO.[Cl-].[Nd]. The summed E-state index contributed by atoms with van der Waals surface area (Å²) in [5.41, 5.74) is 0. The number of unbranched alkanes of at least 4 members (excludes halogenated alkanes) is 6. The van der Waals surface area contributed by atoms with E-state index < -0.39 is 0 Å². The molecule has 0 aromatic heterocycles. The predicted octanol–water partition coefficient (Wildman–Crippen LogP) is 0.511. The van der Waals surface area contributed by atoms with Gasteiger partial charge >= 0.3 is 0 Å². The second-order valence-electron chi connectivity index (χ2n) is 4.29. The van der Waals surface area contributed by atoms with E-state index in [-0.39, 0.29) is 53.2 Å². The number of aliphatic hydroxyl groups excluding tert-OH is 3. The smallest absolute Gasteiger partial charge is 0.0431 e. The van der Waals surface area contributed by atoms with Gasteiger partial charge in [-0.3, -0.25) is 0 Å². The van der Waals surface area contributed by atoms with E-state index in [2.05, 4.69) is 20.8 Å². The van der Waals surface area contributed by atoms with Crippen molar-refractivity contribution < 1.29 is 68.6 Å². The Morgan fingerprint density at radius 2 is 0.700 bits per heavy atom. The van der Waals surface area contributed by atoms with Crippen LogP contribution in [0.15, 0.2) is 0 Å². The third kappa shape index (κ3) is 60.5. The van der Waals surface area contributed by atoms with Gasteiger partial charge in [0.1, 0.15) is 0 Å². The summed E-state index contributed by atoms with van der Waals surface area (Å²) in [5, 5.41) is 24.6. The van der Waals surface area contributed by atoms with Crippen molar-refractivity contribution in [3.05, 3.63) is 0 Å². The molecular weight excluding hydrogens is 408 g/mol. The normalized spacial score (nSPS) is 8.10. The summed E-state index contributed by atoms with van der Waals surface area (Å²) in [6.45, 7) is 7.43. The van der Waals surface area contributed by atoms with E-state index >= 15 is 0 Å². The quantitative estimate of drug-likeness (QED) is 0.455. The molecule has 0 spiro atoms. The summed E-state index contributed by atoms with van der Waals surface area (Å²) >= 11 is 0. The van der Waals surface area contributed by atoms with Crippen LogP contribution in [0.5, 0.6) is 0 Å². The third-order valence-electron chi connectivity index (χ3n) is 2.29. The molecule has 0 aliphatic heterocycles. The molecule has 0 radical (unpaired) electrons. The van der Waals surface area contributed by atoms with E-state index in [1.807, 2.05) is 0 Å². The van der Waals surface area contributed by atoms with E-state index in [0.717, 1.165) is 38.5 Å². The zero-order chi connectivity index (χ0) is 14.5. The maximum absolute atomic E-state index is 8.20. The van der Waals surface area contributed by atoms with Crippen LogP contribution in [-0.2, 0) is 0 Å². The molecule has 0 aromatic carbocycles. The first-order valence-corrected chi connectivity index (χ1v) is 7.57. The van der Waals surface area contributed by atoms with Crippen molar-refractivity contribution in [3.8, 4) is 0 Å². The van der Waals surface area contributed by atoms with Gasteiger partial charge in [-0.1, -0.05) is 59.3 Å². The standard InChI is InChI=1S/3C5H12O.ClH.Nd/c3*1-2-3-4-5-6;;/h3*6H,2-5H2,1H3;1H;/p-1. The Bertz CT molecular complexity index is 78.1. The Labute approximate surface area is 165 Å². The molecular formula is C15H36ClNdO3-. The summed E-state index contributed by atoms with van der Waals surface area (Å²) in [5.74, 6) is 0. The minimum absolute atomic E-state index is 0. The van der Waals surface area contributed by atoms with Gasteiger partial charge in [0.05, 0.1) is 0 Å². The van der Waals surface area contributed by atoms with Gasteiger partial charge in [-0.15, -0.1) is 0 Å². The van der Waals surface area contributed by atoms with Crippen molar-refractivity contribution in [3.63, 3.8) is 0 Å². The van der Waals surface area contributed by atoms with E-state index in [1.54, 1.807) is 0 Å². The van der Waals surface area contributed by atoms with Crippen LogP contribution in [0.25, 0.3) is 0 Å². The first-order valence-electron chi connectivity index (χ1n) is 7.57. The number of hydrogen-bond acceptors (Lipinski definition) is 3. The Morgan fingerprint density at radius 3 is 0.750 bits per heavy atom. The molecule has 20 heavy (non-hydrogen) atoms. The molecule has 126 valence electrons. The molecule has 0 saturated carbocycles. The first-order chi connectivity index (χ1) is 8.74. The Morgan fingerprint density at radius 1 is 0.500 bits per heavy atom. The van der Waals surface area contributed by atoms with Crippen molar-refractivity contribution in [1.29, 1.82) is 0 Å². The topological polar surface area (TPSA) is 60.7 Å². The molecule has 0 aliphatic carbocycles. The van der Waals surface area contributed by atoms with Gasteiger partial charge in [0.2, 0.25) is 0 Å². The molecule has 3 nitrogen and oxygen atoms in total. The van der Waals surface area contributed by atoms with Crippen molar-refractivity contribution in [2.75, 3.05) is 19.8 Å². The summed E-state index contributed by atoms with van der Waals surface area (Å²) in [6.07, 6.45) is 9.98.